The SMILES string of the molecule is Cc1cccc(OCC(=O)N/N=C\c2ccccc2F)c1. The molecule has 0 aliphatic rings. The molecule has 0 atom stereocenters. The number of nitrogens with one attached hydrogen (secondary N) is 1. The molecular formula is C16H15FN2O2. The van der Waals surface area contributed by atoms with Gasteiger partial charge in [0.1, 0.15) is 11.6 Å². The molecule has 0 bridgehead atoms. The molecule has 0 spiro atoms. The van der Waals surface area contributed by atoms with Crippen molar-refractivity contribution < 1.29 is 13.9 Å². The number of hydrogen-bond acceptors (Lipinski definition) is 3. The predicted octanol–water partition coefficient (Wildman–Crippen LogP) is 2.66. The fourth-order valence-corrected chi connectivity index (χ4v) is 1.64. The minimum atomic E-state index is -0.413. The zero-order chi connectivity index (χ0) is 15.1. The molecule has 0 aliphatic heterocycles. The van der Waals surface area contributed by atoms with E-state index in [1.54, 1.807) is 24.3 Å². The summed E-state index contributed by atoms with van der Waals surface area (Å²) in [5.41, 5.74) is 3.63. The quantitative estimate of drug-likeness (QED) is 0.678. The van der Waals surface area contributed by atoms with Crippen molar-refractivity contribution in [1.29, 1.82) is 0 Å². The summed E-state index contributed by atoms with van der Waals surface area (Å²) in [7, 11) is 0. The molecule has 0 heterocycles. The first kappa shape index (κ1) is 14.7. The smallest absolute Gasteiger partial charge is 0.277 e. The van der Waals surface area contributed by atoms with E-state index in [0.29, 0.717) is 11.3 Å². The summed E-state index contributed by atoms with van der Waals surface area (Å²) < 4.78 is 18.6. The highest BCUT2D eigenvalue weighted by Gasteiger charge is 2.02. The van der Waals surface area contributed by atoms with Crippen LogP contribution in [0, 0.1) is 12.7 Å². The molecule has 4 nitrogen and oxygen atoms in total. The van der Waals surface area contributed by atoms with E-state index >= 15 is 0 Å². The van der Waals surface area contributed by atoms with E-state index in [-0.39, 0.29) is 6.61 Å². The third kappa shape index (κ3) is 4.72. The molecule has 0 saturated heterocycles. The van der Waals surface area contributed by atoms with Gasteiger partial charge in [-0.2, -0.15) is 5.10 Å². The number of halogens is 1. The normalized spacial score (nSPS) is 10.6. The number of hydrogen-bond donors (Lipinski definition) is 1. The Morgan fingerprint density at radius 2 is 2.10 bits per heavy atom. The lowest BCUT2D eigenvalue weighted by molar-refractivity contribution is -0.123. The van der Waals surface area contributed by atoms with Crippen LogP contribution in [0.2, 0.25) is 0 Å². The molecule has 0 fully saturated rings. The second-order valence-electron chi connectivity index (χ2n) is 4.42. The first-order valence-corrected chi connectivity index (χ1v) is 6.41. The largest absolute Gasteiger partial charge is 0.484 e. The number of carbonyl (C=O) groups excluding carboxylic acids is 1. The zero-order valence-corrected chi connectivity index (χ0v) is 11.5. The van der Waals surface area contributed by atoms with Crippen molar-refractivity contribution in [3.63, 3.8) is 0 Å². The van der Waals surface area contributed by atoms with Crippen molar-refractivity contribution in [3.05, 3.63) is 65.5 Å². The van der Waals surface area contributed by atoms with Crippen molar-refractivity contribution in [3.8, 4) is 5.75 Å². The van der Waals surface area contributed by atoms with Gasteiger partial charge in [-0.05, 0) is 30.7 Å². The van der Waals surface area contributed by atoms with Crippen LogP contribution in [0.3, 0.4) is 0 Å². The van der Waals surface area contributed by atoms with Crippen LogP contribution in [0.4, 0.5) is 4.39 Å². The van der Waals surface area contributed by atoms with E-state index in [1.165, 1.54) is 12.3 Å². The Kier molecular flexibility index (Phi) is 5.04. The average Bonchev–Trinajstić information content (AvgIpc) is 2.47. The van der Waals surface area contributed by atoms with Gasteiger partial charge in [0.15, 0.2) is 6.61 Å². The van der Waals surface area contributed by atoms with Crippen molar-refractivity contribution >= 4 is 12.1 Å². The van der Waals surface area contributed by atoms with Crippen LogP contribution >= 0.6 is 0 Å². The van der Waals surface area contributed by atoms with Crippen LogP contribution in [0.15, 0.2) is 53.6 Å². The Labute approximate surface area is 122 Å². The van der Waals surface area contributed by atoms with Crippen LogP contribution < -0.4 is 10.2 Å². The van der Waals surface area contributed by atoms with E-state index in [0.717, 1.165) is 5.56 Å². The maximum absolute atomic E-state index is 13.3. The number of carbonyl (C=O) groups is 1. The Morgan fingerprint density at radius 3 is 2.86 bits per heavy atom. The van der Waals surface area contributed by atoms with Gasteiger partial charge in [-0.15, -0.1) is 0 Å². The van der Waals surface area contributed by atoms with E-state index in [2.05, 4.69) is 10.5 Å². The third-order valence-electron chi connectivity index (χ3n) is 2.66. The Hall–Kier alpha value is -2.69. The highest BCUT2D eigenvalue weighted by atomic mass is 19.1. The van der Waals surface area contributed by atoms with Crippen molar-refractivity contribution in [1.82, 2.24) is 5.43 Å². The zero-order valence-electron chi connectivity index (χ0n) is 11.5. The number of hydrazone groups is 1. The summed E-state index contributed by atoms with van der Waals surface area (Å²) in [6, 6.07) is 13.5. The number of ether oxygens (including phenoxy) is 1. The van der Waals surface area contributed by atoms with Crippen LogP contribution in [0.5, 0.6) is 5.75 Å². The van der Waals surface area contributed by atoms with E-state index < -0.39 is 11.7 Å². The standard InChI is InChI=1S/C16H15FN2O2/c1-12-5-4-7-14(9-12)21-11-16(20)19-18-10-13-6-2-3-8-15(13)17/h2-10H,11H2,1H3,(H,19,20)/b18-10-. The molecule has 2 rings (SSSR count). The fourth-order valence-electron chi connectivity index (χ4n) is 1.64. The Morgan fingerprint density at radius 1 is 1.29 bits per heavy atom. The molecule has 1 amide bonds. The summed E-state index contributed by atoms with van der Waals surface area (Å²) in [5, 5.41) is 3.69. The number of aryl methyl sites for hydroxylation is 1. The number of amides is 1. The molecule has 108 valence electrons. The van der Waals surface area contributed by atoms with Gasteiger partial charge in [-0.25, -0.2) is 9.82 Å². The molecule has 0 aliphatic carbocycles. The molecule has 0 saturated carbocycles. The minimum Gasteiger partial charge on any atom is -0.484 e. The van der Waals surface area contributed by atoms with Crippen LogP contribution in [0.25, 0.3) is 0 Å². The van der Waals surface area contributed by atoms with Gasteiger partial charge < -0.3 is 4.74 Å². The van der Waals surface area contributed by atoms with Crippen LogP contribution in [-0.4, -0.2) is 18.7 Å². The molecule has 1 N–H and O–H groups in total. The van der Waals surface area contributed by atoms with Crippen molar-refractivity contribution in [2.75, 3.05) is 6.61 Å². The lowest BCUT2D eigenvalue weighted by Crippen LogP contribution is -2.24. The highest BCUT2D eigenvalue weighted by Crippen LogP contribution is 2.11. The van der Waals surface area contributed by atoms with Crippen LogP contribution in [-0.2, 0) is 4.79 Å². The number of nitrogens with zero attached hydrogens (tertiary/aromatic N) is 1. The van der Waals surface area contributed by atoms with E-state index in [1.807, 2.05) is 25.1 Å². The summed E-state index contributed by atoms with van der Waals surface area (Å²) in [5.74, 6) is -0.196. The topological polar surface area (TPSA) is 50.7 Å². The van der Waals surface area contributed by atoms with Gasteiger partial charge in [-0.3, -0.25) is 4.79 Å². The molecule has 0 unspecified atom stereocenters. The second kappa shape index (κ2) is 7.19. The van der Waals surface area contributed by atoms with Gasteiger partial charge in [0.2, 0.25) is 0 Å². The molecule has 2 aromatic rings. The van der Waals surface area contributed by atoms with Gasteiger partial charge in [0, 0.05) is 5.56 Å². The highest BCUT2D eigenvalue weighted by molar-refractivity contribution is 5.83. The maximum Gasteiger partial charge on any atom is 0.277 e. The second-order valence-corrected chi connectivity index (χ2v) is 4.42. The monoisotopic (exact) mass is 286 g/mol. The van der Waals surface area contributed by atoms with Crippen molar-refractivity contribution in [2.24, 2.45) is 5.10 Å². The molecular weight excluding hydrogens is 271 g/mol. The number of benzene rings is 2. The molecule has 0 radical (unpaired) electrons. The molecule has 21 heavy (non-hydrogen) atoms. The lowest BCUT2D eigenvalue weighted by atomic mass is 10.2. The molecule has 2 aromatic carbocycles. The first-order chi connectivity index (χ1) is 10.1. The summed E-state index contributed by atoms with van der Waals surface area (Å²) >= 11 is 0. The first-order valence-electron chi connectivity index (χ1n) is 6.41. The maximum atomic E-state index is 13.3. The van der Waals surface area contributed by atoms with Gasteiger partial charge >= 0.3 is 0 Å². The lowest BCUT2D eigenvalue weighted by Gasteiger charge is -2.05. The van der Waals surface area contributed by atoms with Gasteiger partial charge in [0.05, 0.1) is 6.21 Å². The van der Waals surface area contributed by atoms with E-state index in [9.17, 15) is 9.18 Å². The number of rotatable bonds is 5. The van der Waals surface area contributed by atoms with Crippen LogP contribution in [0.1, 0.15) is 11.1 Å². The predicted molar refractivity (Wildman–Crippen MR) is 78.8 cm³/mol. The minimum absolute atomic E-state index is 0.155. The van der Waals surface area contributed by atoms with Crippen molar-refractivity contribution in [2.45, 2.75) is 6.92 Å². The summed E-state index contributed by atoms with van der Waals surface area (Å²) in [6.07, 6.45) is 1.25. The average molecular weight is 286 g/mol. The fraction of sp³-hybridized carbons (Fsp3) is 0.125. The summed E-state index contributed by atoms with van der Waals surface area (Å²) in [4.78, 5) is 11.5. The Balaban J connectivity index is 1.81. The molecule has 5 heteroatoms. The van der Waals surface area contributed by atoms with Gasteiger partial charge in [0.25, 0.3) is 5.91 Å². The van der Waals surface area contributed by atoms with E-state index in [4.69, 9.17) is 4.74 Å². The Bertz CT molecular complexity index is 656. The molecule has 0 aromatic heterocycles. The third-order valence-corrected chi connectivity index (χ3v) is 2.66. The summed E-state index contributed by atoms with van der Waals surface area (Å²) in [6.45, 7) is 1.78. The van der Waals surface area contributed by atoms with Gasteiger partial charge in [-0.1, -0.05) is 30.3 Å².